The van der Waals surface area contributed by atoms with Crippen molar-refractivity contribution >= 4 is 23.4 Å². The van der Waals surface area contributed by atoms with Gasteiger partial charge in [0.25, 0.3) is 0 Å². The van der Waals surface area contributed by atoms with Crippen LogP contribution in [-0.2, 0) is 19.1 Å². The van der Waals surface area contributed by atoms with Gasteiger partial charge >= 0.3 is 0 Å². The lowest BCUT2D eigenvalue weighted by atomic mass is 10.1. The highest BCUT2D eigenvalue weighted by Gasteiger charge is 2.35. The third-order valence-corrected chi connectivity index (χ3v) is 5.34. The number of fused-ring (bicyclic) bond motifs is 1. The molecule has 0 saturated carbocycles. The van der Waals surface area contributed by atoms with E-state index in [0.29, 0.717) is 63.2 Å². The first-order valence-electron chi connectivity index (χ1n) is 9.95. The van der Waals surface area contributed by atoms with Crippen LogP contribution >= 0.6 is 0 Å². The zero-order chi connectivity index (χ0) is 20.2. The average molecular weight is 403 g/mol. The number of carbonyl (C=O) groups excluding carboxylic acids is 3. The molecular weight excluding hydrogens is 378 g/mol. The molecule has 1 N–H and O–H groups in total. The van der Waals surface area contributed by atoms with E-state index in [4.69, 9.17) is 14.2 Å². The van der Waals surface area contributed by atoms with Crippen LogP contribution in [0.1, 0.15) is 12.8 Å². The van der Waals surface area contributed by atoms with Crippen LogP contribution in [0.5, 0.6) is 11.5 Å². The number of rotatable bonds is 5. The molecule has 9 nitrogen and oxygen atoms in total. The van der Waals surface area contributed by atoms with E-state index in [2.05, 4.69) is 5.32 Å². The maximum Gasteiger partial charge on any atom is 0.227 e. The summed E-state index contributed by atoms with van der Waals surface area (Å²) in [6.07, 6.45) is 0.399. The predicted octanol–water partition coefficient (Wildman–Crippen LogP) is 0.176. The van der Waals surface area contributed by atoms with Crippen molar-refractivity contribution in [2.75, 3.05) is 57.5 Å². The van der Waals surface area contributed by atoms with Crippen molar-refractivity contribution in [1.29, 1.82) is 0 Å². The molecule has 9 heteroatoms. The predicted molar refractivity (Wildman–Crippen MR) is 103 cm³/mol. The van der Waals surface area contributed by atoms with Gasteiger partial charge in [0.2, 0.25) is 17.7 Å². The Hall–Kier alpha value is -2.81. The fourth-order valence-corrected chi connectivity index (χ4v) is 3.74. The molecule has 29 heavy (non-hydrogen) atoms. The Kier molecular flexibility index (Phi) is 5.84. The molecule has 0 aliphatic carbocycles. The van der Waals surface area contributed by atoms with Gasteiger partial charge in [0.05, 0.1) is 19.1 Å². The summed E-state index contributed by atoms with van der Waals surface area (Å²) >= 11 is 0. The monoisotopic (exact) mass is 403 g/mol. The van der Waals surface area contributed by atoms with Crippen molar-refractivity contribution in [1.82, 2.24) is 10.2 Å². The van der Waals surface area contributed by atoms with Crippen molar-refractivity contribution in [2.45, 2.75) is 12.8 Å². The van der Waals surface area contributed by atoms with E-state index < -0.39 is 5.92 Å². The maximum atomic E-state index is 12.5. The van der Waals surface area contributed by atoms with E-state index in [1.54, 1.807) is 28.0 Å². The normalized spacial score (nSPS) is 21.2. The second-order valence-electron chi connectivity index (χ2n) is 7.27. The summed E-state index contributed by atoms with van der Waals surface area (Å²) in [7, 11) is 0. The molecule has 2 saturated heterocycles. The smallest absolute Gasteiger partial charge is 0.227 e. The van der Waals surface area contributed by atoms with E-state index in [1.807, 2.05) is 0 Å². The minimum atomic E-state index is -0.436. The molecule has 1 unspecified atom stereocenters. The lowest BCUT2D eigenvalue weighted by Crippen LogP contribution is -2.42. The van der Waals surface area contributed by atoms with Gasteiger partial charge in [-0.25, -0.2) is 0 Å². The van der Waals surface area contributed by atoms with Crippen LogP contribution in [0.15, 0.2) is 18.2 Å². The van der Waals surface area contributed by atoms with Gasteiger partial charge in [0.15, 0.2) is 11.5 Å². The summed E-state index contributed by atoms with van der Waals surface area (Å²) in [6.45, 7) is 3.84. The summed E-state index contributed by atoms with van der Waals surface area (Å²) in [5, 5.41) is 2.80. The first kappa shape index (κ1) is 19.5. The first-order chi connectivity index (χ1) is 14.1. The topological polar surface area (TPSA) is 97.4 Å². The molecule has 156 valence electrons. The fourth-order valence-electron chi connectivity index (χ4n) is 3.74. The Bertz CT molecular complexity index is 792. The van der Waals surface area contributed by atoms with Gasteiger partial charge < -0.3 is 29.3 Å². The minimum absolute atomic E-state index is 0.00834. The second-order valence-corrected chi connectivity index (χ2v) is 7.27. The molecule has 3 heterocycles. The summed E-state index contributed by atoms with van der Waals surface area (Å²) in [5.74, 6) is 0.532. The van der Waals surface area contributed by atoms with Crippen LogP contribution in [0.2, 0.25) is 0 Å². The Balaban J connectivity index is 1.28. The average Bonchev–Trinajstić information content (AvgIpc) is 3.15. The van der Waals surface area contributed by atoms with Crippen molar-refractivity contribution in [3.63, 3.8) is 0 Å². The number of morpholine rings is 1. The summed E-state index contributed by atoms with van der Waals surface area (Å²) in [5.41, 5.74) is 0.692. The zero-order valence-electron chi connectivity index (χ0n) is 16.2. The molecule has 3 aliphatic rings. The molecular formula is C20H25N3O6. The van der Waals surface area contributed by atoms with Gasteiger partial charge in [-0.3, -0.25) is 14.4 Å². The van der Waals surface area contributed by atoms with Gasteiger partial charge in [-0.1, -0.05) is 0 Å². The number of carbonyl (C=O) groups is 3. The van der Waals surface area contributed by atoms with Crippen molar-refractivity contribution in [3.05, 3.63) is 18.2 Å². The van der Waals surface area contributed by atoms with Crippen molar-refractivity contribution in [2.24, 2.45) is 5.92 Å². The minimum Gasteiger partial charge on any atom is -0.486 e. The Morgan fingerprint density at radius 1 is 1.07 bits per heavy atom. The van der Waals surface area contributed by atoms with Gasteiger partial charge in [-0.2, -0.15) is 0 Å². The molecule has 1 aromatic rings. The molecule has 3 aliphatic heterocycles. The number of benzene rings is 1. The zero-order valence-corrected chi connectivity index (χ0v) is 16.2. The van der Waals surface area contributed by atoms with Crippen LogP contribution < -0.4 is 19.7 Å². The number of amides is 3. The maximum absolute atomic E-state index is 12.5. The van der Waals surface area contributed by atoms with E-state index in [0.717, 1.165) is 0 Å². The number of ether oxygens (including phenoxy) is 3. The van der Waals surface area contributed by atoms with E-state index in [9.17, 15) is 14.4 Å². The molecule has 1 atom stereocenters. The van der Waals surface area contributed by atoms with Crippen LogP contribution in [-0.4, -0.2) is 75.2 Å². The van der Waals surface area contributed by atoms with Crippen molar-refractivity contribution in [3.8, 4) is 11.5 Å². The Morgan fingerprint density at radius 2 is 1.83 bits per heavy atom. The summed E-state index contributed by atoms with van der Waals surface area (Å²) < 4.78 is 16.3. The number of hydrogen-bond donors (Lipinski definition) is 1. The van der Waals surface area contributed by atoms with E-state index in [1.165, 1.54) is 0 Å². The SMILES string of the molecule is O=C(NCCC(=O)N1CCOCC1)C1CC(=O)N(c2ccc3c(c2)OCCO3)C1. The fraction of sp³-hybridized carbons (Fsp3) is 0.550. The quantitative estimate of drug-likeness (QED) is 0.753. The molecule has 0 spiro atoms. The summed E-state index contributed by atoms with van der Waals surface area (Å²) in [6, 6.07) is 5.35. The Morgan fingerprint density at radius 3 is 2.62 bits per heavy atom. The number of nitrogens with one attached hydrogen (secondary N) is 1. The van der Waals surface area contributed by atoms with Crippen LogP contribution in [0, 0.1) is 5.92 Å². The standard InChI is InChI=1S/C20H25N3O6/c24-18(22-5-7-27-8-6-22)3-4-21-20(26)14-11-19(25)23(13-14)15-1-2-16-17(12-15)29-10-9-28-16/h1-2,12,14H,3-11,13H2,(H,21,26). The van der Waals surface area contributed by atoms with Gasteiger partial charge in [-0.05, 0) is 12.1 Å². The highest BCUT2D eigenvalue weighted by Crippen LogP contribution is 2.35. The van der Waals surface area contributed by atoms with Crippen molar-refractivity contribution < 1.29 is 28.6 Å². The molecule has 0 bridgehead atoms. The third kappa shape index (κ3) is 4.45. The van der Waals surface area contributed by atoms with E-state index in [-0.39, 0.29) is 37.1 Å². The van der Waals surface area contributed by atoms with Gasteiger partial charge in [-0.15, -0.1) is 0 Å². The van der Waals surface area contributed by atoms with Gasteiger partial charge in [0, 0.05) is 50.8 Å². The highest BCUT2D eigenvalue weighted by atomic mass is 16.6. The van der Waals surface area contributed by atoms with Crippen LogP contribution in [0.4, 0.5) is 5.69 Å². The molecule has 3 amide bonds. The lowest BCUT2D eigenvalue weighted by Gasteiger charge is -2.26. The molecule has 2 fully saturated rings. The highest BCUT2D eigenvalue weighted by molar-refractivity contribution is 6.00. The third-order valence-electron chi connectivity index (χ3n) is 5.34. The van der Waals surface area contributed by atoms with Crippen LogP contribution in [0.25, 0.3) is 0 Å². The first-order valence-corrected chi connectivity index (χ1v) is 9.95. The molecule has 4 rings (SSSR count). The number of anilines is 1. The second kappa shape index (κ2) is 8.69. The largest absolute Gasteiger partial charge is 0.486 e. The summed E-state index contributed by atoms with van der Waals surface area (Å²) in [4.78, 5) is 40.4. The molecule has 0 aromatic heterocycles. The number of nitrogens with zero attached hydrogens (tertiary/aromatic N) is 2. The Labute approximate surface area is 168 Å². The van der Waals surface area contributed by atoms with E-state index >= 15 is 0 Å². The number of hydrogen-bond acceptors (Lipinski definition) is 6. The lowest BCUT2D eigenvalue weighted by molar-refractivity contribution is -0.135. The molecule has 0 radical (unpaired) electrons. The molecule has 1 aromatic carbocycles. The van der Waals surface area contributed by atoms with Crippen LogP contribution in [0.3, 0.4) is 0 Å². The van der Waals surface area contributed by atoms with Gasteiger partial charge in [0.1, 0.15) is 13.2 Å².